The van der Waals surface area contributed by atoms with Crippen molar-refractivity contribution < 1.29 is 13.2 Å². The summed E-state index contributed by atoms with van der Waals surface area (Å²) in [5, 5.41) is 2.96. The molecule has 0 heterocycles. The molecule has 0 fully saturated rings. The van der Waals surface area contributed by atoms with Crippen molar-refractivity contribution in [1.82, 2.24) is 4.31 Å². The molecule has 0 unspecified atom stereocenters. The summed E-state index contributed by atoms with van der Waals surface area (Å²) in [5.41, 5.74) is 2.95. The number of halogens is 1. The van der Waals surface area contributed by atoms with Gasteiger partial charge in [0, 0.05) is 25.3 Å². The Labute approximate surface area is 153 Å². The van der Waals surface area contributed by atoms with E-state index in [1.165, 1.54) is 32.3 Å². The second-order valence-corrected chi connectivity index (χ2v) is 8.38. The van der Waals surface area contributed by atoms with E-state index in [0.29, 0.717) is 0 Å². The molecule has 0 radical (unpaired) electrons. The first-order chi connectivity index (χ1) is 11.7. The van der Waals surface area contributed by atoms with E-state index in [2.05, 4.69) is 5.32 Å². The first-order valence-electron chi connectivity index (χ1n) is 7.80. The van der Waals surface area contributed by atoms with Crippen LogP contribution in [0.2, 0.25) is 5.02 Å². The number of aryl methyl sites for hydroxylation is 2. The number of rotatable bonds is 5. The molecule has 5 nitrogen and oxygen atoms in total. The standard InChI is InChI=1S/C18H21ClN2O3S/c1-5-13-8-6-7-12(2)17(13)20-18(22)14-9-10-15(19)16(11-14)25(23,24)21(3)4/h6-11H,5H2,1-4H3,(H,20,22). The summed E-state index contributed by atoms with van der Waals surface area (Å²) in [5.74, 6) is -0.379. The van der Waals surface area contributed by atoms with Crippen molar-refractivity contribution in [3.8, 4) is 0 Å². The lowest BCUT2D eigenvalue weighted by atomic mass is 10.1. The maximum Gasteiger partial charge on any atom is 0.255 e. The molecule has 7 heteroatoms. The van der Waals surface area contributed by atoms with Gasteiger partial charge in [-0.1, -0.05) is 36.7 Å². The van der Waals surface area contributed by atoms with E-state index in [9.17, 15) is 13.2 Å². The van der Waals surface area contributed by atoms with Gasteiger partial charge >= 0.3 is 0 Å². The first kappa shape index (κ1) is 19.4. The summed E-state index contributed by atoms with van der Waals surface area (Å²) in [4.78, 5) is 12.5. The van der Waals surface area contributed by atoms with Gasteiger partial charge in [0.05, 0.1) is 5.02 Å². The fourth-order valence-electron chi connectivity index (χ4n) is 2.43. The lowest BCUT2D eigenvalue weighted by Crippen LogP contribution is -2.23. The molecule has 0 saturated heterocycles. The van der Waals surface area contributed by atoms with Crippen LogP contribution in [-0.4, -0.2) is 32.7 Å². The van der Waals surface area contributed by atoms with E-state index in [1.54, 1.807) is 0 Å². The number of benzene rings is 2. The fourth-order valence-corrected chi connectivity index (χ4v) is 3.82. The first-order valence-corrected chi connectivity index (χ1v) is 9.62. The highest BCUT2D eigenvalue weighted by Crippen LogP contribution is 2.26. The zero-order valence-corrected chi connectivity index (χ0v) is 16.2. The lowest BCUT2D eigenvalue weighted by molar-refractivity contribution is 0.102. The van der Waals surface area contributed by atoms with Crippen LogP contribution in [0.5, 0.6) is 0 Å². The van der Waals surface area contributed by atoms with Gasteiger partial charge in [0.2, 0.25) is 10.0 Å². The van der Waals surface area contributed by atoms with Crippen LogP contribution < -0.4 is 5.32 Å². The summed E-state index contributed by atoms with van der Waals surface area (Å²) in [6.07, 6.45) is 0.776. The Morgan fingerprint density at radius 2 is 1.88 bits per heavy atom. The Hall–Kier alpha value is -1.89. The third-order valence-corrected chi connectivity index (χ3v) is 6.23. The van der Waals surface area contributed by atoms with Crippen molar-refractivity contribution in [2.45, 2.75) is 25.2 Å². The molecule has 0 aliphatic rings. The largest absolute Gasteiger partial charge is 0.321 e. The molecule has 0 saturated carbocycles. The van der Waals surface area contributed by atoms with Crippen LogP contribution in [-0.2, 0) is 16.4 Å². The molecule has 134 valence electrons. The van der Waals surface area contributed by atoms with Crippen molar-refractivity contribution in [3.05, 3.63) is 58.1 Å². The number of nitrogens with zero attached hydrogens (tertiary/aromatic N) is 1. The quantitative estimate of drug-likeness (QED) is 0.859. The van der Waals surface area contributed by atoms with Gasteiger partial charge < -0.3 is 5.32 Å². The molecule has 1 N–H and O–H groups in total. The van der Waals surface area contributed by atoms with Crippen LogP contribution in [0.1, 0.15) is 28.4 Å². The predicted octanol–water partition coefficient (Wildman–Crippen LogP) is 3.71. The summed E-state index contributed by atoms with van der Waals surface area (Å²) in [6, 6.07) is 10.0. The molecule has 1 amide bonds. The number of carbonyl (C=O) groups is 1. The van der Waals surface area contributed by atoms with E-state index in [0.717, 1.165) is 27.5 Å². The minimum Gasteiger partial charge on any atom is -0.321 e. The van der Waals surface area contributed by atoms with E-state index >= 15 is 0 Å². The summed E-state index contributed by atoms with van der Waals surface area (Å²) in [6.45, 7) is 3.92. The van der Waals surface area contributed by atoms with E-state index < -0.39 is 10.0 Å². The molecule has 2 aromatic carbocycles. The molecule has 0 spiro atoms. The number of hydrogen-bond acceptors (Lipinski definition) is 3. The summed E-state index contributed by atoms with van der Waals surface area (Å²) < 4.78 is 25.8. The Bertz CT molecular complexity index is 909. The lowest BCUT2D eigenvalue weighted by Gasteiger charge is -2.15. The van der Waals surface area contributed by atoms with Crippen LogP contribution >= 0.6 is 11.6 Å². The third kappa shape index (κ3) is 4.03. The summed E-state index contributed by atoms with van der Waals surface area (Å²) in [7, 11) is -0.904. The van der Waals surface area contributed by atoms with E-state index in [1.807, 2.05) is 32.0 Å². The van der Waals surface area contributed by atoms with E-state index in [-0.39, 0.29) is 21.4 Å². The van der Waals surface area contributed by atoms with Crippen molar-refractivity contribution >= 4 is 33.2 Å². The highest BCUT2D eigenvalue weighted by molar-refractivity contribution is 7.89. The number of nitrogens with one attached hydrogen (secondary N) is 1. The smallest absolute Gasteiger partial charge is 0.255 e. The van der Waals surface area contributed by atoms with Gasteiger partial charge in [-0.3, -0.25) is 4.79 Å². The van der Waals surface area contributed by atoms with Gasteiger partial charge in [-0.05, 0) is 42.7 Å². The molecular formula is C18H21ClN2O3S. The Kier molecular flexibility index (Phi) is 5.87. The minimum atomic E-state index is -3.74. The highest BCUT2D eigenvalue weighted by Gasteiger charge is 2.22. The van der Waals surface area contributed by atoms with Crippen LogP contribution in [0.3, 0.4) is 0 Å². The normalized spacial score (nSPS) is 11.6. The molecule has 0 aliphatic heterocycles. The number of amides is 1. The van der Waals surface area contributed by atoms with Crippen LogP contribution in [0.25, 0.3) is 0 Å². The van der Waals surface area contributed by atoms with Gasteiger partial charge in [-0.2, -0.15) is 0 Å². The number of para-hydroxylation sites is 1. The van der Waals surface area contributed by atoms with Gasteiger partial charge in [0.25, 0.3) is 5.91 Å². The number of hydrogen-bond donors (Lipinski definition) is 1. The van der Waals surface area contributed by atoms with Crippen molar-refractivity contribution in [3.63, 3.8) is 0 Å². The molecule has 25 heavy (non-hydrogen) atoms. The number of carbonyl (C=O) groups excluding carboxylic acids is 1. The monoisotopic (exact) mass is 380 g/mol. The number of sulfonamides is 1. The second kappa shape index (κ2) is 7.56. The Balaban J connectivity index is 2.42. The van der Waals surface area contributed by atoms with Crippen molar-refractivity contribution in [2.24, 2.45) is 0 Å². The average Bonchev–Trinajstić information content (AvgIpc) is 2.56. The molecular weight excluding hydrogens is 360 g/mol. The molecule has 2 rings (SSSR count). The SMILES string of the molecule is CCc1cccc(C)c1NC(=O)c1ccc(Cl)c(S(=O)(=O)N(C)C)c1. The van der Waals surface area contributed by atoms with Gasteiger partial charge in [-0.25, -0.2) is 12.7 Å². The maximum absolute atomic E-state index is 12.6. The van der Waals surface area contributed by atoms with Crippen LogP contribution in [0, 0.1) is 6.92 Å². The molecule has 0 aliphatic carbocycles. The predicted molar refractivity (Wildman–Crippen MR) is 101 cm³/mol. The van der Waals surface area contributed by atoms with Crippen molar-refractivity contribution in [1.29, 1.82) is 0 Å². The number of anilines is 1. The van der Waals surface area contributed by atoms with Crippen molar-refractivity contribution in [2.75, 3.05) is 19.4 Å². The fraction of sp³-hybridized carbons (Fsp3) is 0.278. The minimum absolute atomic E-state index is 0.0791. The summed E-state index contributed by atoms with van der Waals surface area (Å²) >= 11 is 6.03. The Morgan fingerprint density at radius 1 is 1.20 bits per heavy atom. The van der Waals surface area contributed by atoms with Gasteiger partial charge in [0.15, 0.2) is 0 Å². The van der Waals surface area contributed by atoms with Crippen LogP contribution in [0.4, 0.5) is 5.69 Å². The zero-order chi connectivity index (χ0) is 18.8. The average molecular weight is 381 g/mol. The molecule has 2 aromatic rings. The second-order valence-electron chi connectivity index (χ2n) is 5.85. The third-order valence-electron chi connectivity index (χ3n) is 3.93. The van der Waals surface area contributed by atoms with Gasteiger partial charge in [0.1, 0.15) is 4.90 Å². The molecule has 0 atom stereocenters. The molecule has 0 bridgehead atoms. The molecule has 0 aromatic heterocycles. The zero-order valence-electron chi connectivity index (χ0n) is 14.6. The maximum atomic E-state index is 12.6. The topological polar surface area (TPSA) is 66.5 Å². The van der Waals surface area contributed by atoms with Gasteiger partial charge in [-0.15, -0.1) is 0 Å². The Morgan fingerprint density at radius 3 is 2.48 bits per heavy atom. The highest BCUT2D eigenvalue weighted by atomic mass is 35.5. The van der Waals surface area contributed by atoms with E-state index in [4.69, 9.17) is 11.6 Å². The van der Waals surface area contributed by atoms with Crippen LogP contribution in [0.15, 0.2) is 41.3 Å².